The Kier molecular flexibility index (Phi) is 4.87. The van der Waals surface area contributed by atoms with Crippen molar-refractivity contribution in [1.29, 1.82) is 0 Å². The van der Waals surface area contributed by atoms with Crippen LogP contribution in [0.15, 0.2) is 48.5 Å². The monoisotopic (exact) mass is 260 g/mol. The van der Waals surface area contributed by atoms with E-state index in [0.29, 0.717) is 6.61 Å². The molecule has 0 saturated carbocycles. The molecule has 2 aromatic carbocycles. The lowest BCUT2D eigenvalue weighted by Crippen LogP contribution is -1.93. The normalized spacial score (nSPS) is 8.90. The number of hydrogen-bond acceptors (Lipinski definition) is 1. The summed E-state index contributed by atoms with van der Waals surface area (Å²) in [5.41, 5.74) is 3.24. The Bertz CT molecular complexity index is 671. The van der Waals surface area contributed by atoms with Gasteiger partial charge in [0, 0.05) is 11.1 Å². The molecule has 0 amide bonds. The first kappa shape index (κ1) is 13.8. The summed E-state index contributed by atoms with van der Waals surface area (Å²) in [6, 6.07) is 15.9. The first-order valence-electron chi connectivity index (χ1n) is 6.49. The van der Waals surface area contributed by atoms with E-state index in [2.05, 4.69) is 42.7 Å². The molecule has 0 fully saturated rings. The average molecular weight is 260 g/mol. The van der Waals surface area contributed by atoms with Crippen molar-refractivity contribution in [3.8, 4) is 29.4 Å². The summed E-state index contributed by atoms with van der Waals surface area (Å²) in [5, 5.41) is 0. The maximum absolute atomic E-state index is 5.46. The van der Waals surface area contributed by atoms with Crippen molar-refractivity contribution in [2.24, 2.45) is 0 Å². The van der Waals surface area contributed by atoms with Crippen LogP contribution < -0.4 is 4.74 Å². The Labute approximate surface area is 120 Å². The molecule has 0 saturated heterocycles. The summed E-state index contributed by atoms with van der Waals surface area (Å²) in [7, 11) is 0. The van der Waals surface area contributed by atoms with Crippen molar-refractivity contribution >= 4 is 0 Å². The van der Waals surface area contributed by atoms with Crippen LogP contribution in [0.25, 0.3) is 0 Å². The third-order valence-corrected chi connectivity index (χ3v) is 2.74. The molecule has 0 radical (unpaired) electrons. The van der Waals surface area contributed by atoms with Crippen molar-refractivity contribution in [2.75, 3.05) is 6.61 Å². The van der Waals surface area contributed by atoms with Gasteiger partial charge in [-0.05, 0) is 50.2 Å². The van der Waals surface area contributed by atoms with Gasteiger partial charge in [-0.1, -0.05) is 35.5 Å². The lowest BCUT2D eigenvalue weighted by atomic mass is 10.1. The zero-order chi connectivity index (χ0) is 14.2. The lowest BCUT2D eigenvalue weighted by Gasteiger charge is -2.01. The summed E-state index contributed by atoms with van der Waals surface area (Å²) in [6.45, 7) is 4.29. The fourth-order valence-corrected chi connectivity index (χ4v) is 1.61. The quantitative estimate of drug-likeness (QED) is 0.746. The van der Waals surface area contributed by atoms with Crippen LogP contribution in [0.3, 0.4) is 0 Å². The summed E-state index contributed by atoms with van der Waals surface area (Å²) in [5.74, 6) is 12.8. The van der Waals surface area contributed by atoms with Gasteiger partial charge >= 0.3 is 0 Å². The van der Waals surface area contributed by atoms with Gasteiger partial charge in [0.05, 0.1) is 0 Å². The van der Waals surface area contributed by atoms with Gasteiger partial charge in [0.25, 0.3) is 0 Å². The first-order chi connectivity index (χ1) is 9.78. The van der Waals surface area contributed by atoms with E-state index in [0.717, 1.165) is 16.9 Å². The van der Waals surface area contributed by atoms with Crippen LogP contribution in [0, 0.1) is 30.6 Å². The molecule has 0 N–H and O–H groups in total. The number of benzene rings is 2. The maximum atomic E-state index is 5.46. The van der Waals surface area contributed by atoms with Crippen molar-refractivity contribution in [3.63, 3.8) is 0 Å². The number of aryl methyl sites for hydroxylation is 1. The summed E-state index contributed by atoms with van der Waals surface area (Å²) < 4.78 is 5.46. The second-order valence-corrected chi connectivity index (χ2v) is 4.36. The van der Waals surface area contributed by atoms with Gasteiger partial charge in [-0.3, -0.25) is 0 Å². The predicted octanol–water partition coefficient (Wildman–Crippen LogP) is 3.80. The van der Waals surface area contributed by atoms with Crippen molar-refractivity contribution in [2.45, 2.75) is 13.8 Å². The van der Waals surface area contributed by atoms with Crippen LogP contribution in [-0.2, 0) is 0 Å². The fraction of sp³-hybridized carbons (Fsp3) is 0.158. The van der Waals surface area contributed by atoms with Gasteiger partial charge < -0.3 is 4.74 Å². The minimum absolute atomic E-state index is 0.422. The average Bonchev–Trinajstić information content (AvgIpc) is 2.48. The number of rotatable bonds is 2. The molecule has 20 heavy (non-hydrogen) atoms. The minimum atomic E-state index is 0.422. The molecule has 98 valence electrons. The molecular formula is C19H16O. The van der Waals surface area contributed by atoms with E-state index in [9.17, 15) is 0 Å². The van der Waals surface area contributed by atoms with Gasteiger partial charge in [0.15, 0.2) is 0 Å². The lowest BCUT2D eigenvalue weighted by molar-refractivity contribution is 0.370. The van der Waals surface area contributed by atoms with E-state index >= 15 is 0 Å². The molecule has 0 spiro atoms. The van der Waals surface area contributed by atoms with Gasteiger partial charge in [-0.25, -0.2) is 0 Å². The van der Waals surface area contributed by atoms with Crippen molar-refractivity contribution in [1.82, 2.24) is 0 Å². The fourth-order valence-electron chi connectivity index (χ4n) is 1.61. The Hall–Kier alpha value is -2.64. The summed E-state index contributed by atoms with van der Waals surface area (Å²) >= 11 is 0. The third kappa shape index (κ3) is 4.23. The van der Waals surface area contributed by atoms with Crippen LogP contribution in [0.2, 0.25) is 0 Å². The number of ether oxygens (including phenoxy) is 1. The Balaban J connectivity index is 2.03. The Morgan fingerprint density at radius 2 is 1.40 bits per heavy atom. The minimum Gasteiger partial charge on any atom is -0.481 e. The molecular weight excluding hydrogens is 244 g/mol. The molecule has 0 heterocycles. The van der Waals surface area contributed by atoms with Gasteiger partial charge in [-0.15, -0.1) is 5.92 Å². The maximum Gasteiger partial charge on any atom is 0.149 e. The van der Waals surface area contributed by atoms with Crippen LogP contribution >= 0.6 is 0 Å². The molecule has 0 unspecified atom stereocenters. The Morgan fingerprint density at radius 3 is 1.95 bits per heavy atom. The molecule has 0 bridgehead atoms. The molecule has 0 aromatic heterocycles. The van der Waals surface area contributed by atoms with Crippen LogP contribution in [0.5, 0.6) is 5.75 Å². The van der Waals surface area contributed by atoms with E-state index in [4.69, 9.17) is 4.74 Å². The topological polar surface area (TPSA) is 9.23 Å². The third-order valence-electron chi connectivity index (χ3n) is 2.74. The molecule has 0 aliphatic rings. The van der Waals surface area contributed by atoms with E-state index in [-0.39, 0.29) is 0 Å². The van der Waals surface area contributed by atoms with E-state index in [1.165, 1.54) is 5.56 Å². The highest BCUT2D eigenvalue weighted by molar-refractivity contribution is 5.44. The molecule has 0 atom stereocenters. The highest BCUT2D eigenvalue weighted by atomic mass is 16.5. The molecule has 1 heteroatoms. The van der Waals surface area contributed by atoms with E-state index < -0.39 is 0 Å². The second kappa shape index (κ2) is 7.07. The standard InChI is InChI=1S/C19H16O/c1-3-4-15-20-19-13-11-18(12-14-19)10-9-17-7-5-16(2)6-8-17/h5-8,11-14H,15H2,1-2H3. The highest BCUT2D eigenvalue weighted by Gasteiger charge is 1.92. The molecule has 0 aliphatic heterocycles. The van der Waals surface area contributed by atoms with Gasteiger partial charge in [-0.2, -0.15) is 0 Å². The Morgan fingerprint density at radius 1 is 0.850 bits per heavy atom. The van der Waals surface area contributed by atoms with Gasteiger partial charge in [0.2, 0.25) is 0 Å². The largest absolute Gasteiger partial charge is 0.481 e. The molecule has 0 aliphatic carbocycles. The molecule has 2 rings (SSSR count). The predicted molar refractivity (Wildman–Crippen MR) is 82.5 cm³/mol. The van der Waals surface area contributed by atoms with E-state index in [1.54, 1.807) is 6.92 Å². The highest BCUT2D eigenvalue weighted by Crippen LogP contribution is 2.11. The zero-order valence-corrected chi connectivity index (χ0v) is 11.7. The van der Waals surface area contributed by atoms with Crippen LogP contribution in [0.4, 0.5) is 0 Å². The van der Waals surface area contributed by atoms with Crippen molar-refractivity contribution < 1.29 is 4.74 Å². The number of hydrogen-bond donors (Lipinski definition) is 0. The first-order valence-corrected chi connectivity index (χ1v) is 6.49. The van der Waals surface area contributed by atoms with Gasteiger partial charge in [0.1, 0.15) is 12.4 Å². The zero-order valence-electron chi connectivity index (χ0n) is 11.7. The molecule has 2 aromatic rings. The molecule has 1 nitrogen and oxygen atoms in total. The summed E-state index contributed by atoms with van der Waals surface area (Å²) in [4.78, 5) is 0. The van der Waals surface area contributed by atoms with Crippen LogP contribution in [0.1, 0.15) is 23.6 Å². The van der Waals surface area contributed by atoms with Crippen molar-refractivity contribution in [3.05, 3.63) is 65.2 Å². The van der Waals surface area contributed by atoms with Crippen LogP contribution in [-0.4, -0.2) is 6.61 Å². The SMILES string of the molecule is CC#CCOc1ccc(C#Cc2ccc(C)cc2)cc1. The van der Waals surface area contributed by atoms with E-state index in [1.807, 2.05) is 36.4 Å². The second-order valence-electron chi connectivity index (χ2n) is 4.36. The summed E-state index contributed by atoms with van der Waals surface area (Å²) in [6.07, 6.45) is 0. The smallest absolute Gasteiger partial charge is 0.149 e.